The predicted octanol–water partition coefficient (Wildman–Crippen LogP) is 3.95. The second-order valence-corrected chi connectivity index (χ2v) is 6.26. The zero-order chi connectivity index (χ0) is 19.1. The molecular formula is C21H25NO4. The second kappa shape index (κ2) is 9.04. The van der Waals surface area contributed by atoms with E-state index in [-0.39, 0.29) is 12.5 Å². The Kier molecular flexibility index (Phi) is 6.78. The van der Waals surface area contributed by atoms with Gasteiger partial charge >= 0.3 is 5.97 Å². The number of aryl methyl sites for hydroxylation is 3. The number of amides is 1. The van der Waals surface area contributed by atoms with Crippen molar-refractivity contribution < 1.29 is 19.1 Å². The van der Waals surface area contributed by atoms with Gasteiger partial charge in [-0.25, -0.2) is 4.79 Å². The molecule has 0 radical (unpaired) electrons. The molecule has 1 atom stereocenters. The molecule has 2 aromatic rings. The summed E-state index contributed by atoms with van der Waals surface area (Å²) in [6, 6.07) is 13.0. The van der Waals surface area contributed by atoms with E-state index >= 15 is 0 Å². The van der Waals surface area contributed by atoms with Crippen LogP contribution in [0.1, 0.15) is 30.0 Å². The molecule has 138 valence electrons. The fraction of sp³-hybridized carbons (Fsp3) is 0.333. The van der Waals surface area contributed by atoms with Crippen LogP contribution in [0.25, 0.3) is 0 Å². The summed E-state index contributed by atoms with van der Waals surface area (Å²) >= 11 is 0. The van der Waals surface area contributed by atoms with Crippen LogP contribution in [-0.4, -0.2) is 24.6 Å². The van der Waals surface area contributed by atoms with Gasteiger partial charge in [0.25, 0.3) is 5.91 Å². The molecule has 0 aliphatic carbocycles. The lowest BCUT2D eigenvalue weighted by Gasteiger charge is -2.17. The fourth-order valence-corrected chi connectivity index (χ4v) is 2.74. The van der Waals surface area contributed by atoms with Crippen LogP contribution in [0.5, 0.6) is 5.75 Å². The highest BCUT2D eigenvalue weighted by Crippen LogP contribution is 2.21. The average Bonchev–Trinajstić information content (AvgIpc) is 2.61. The van der Waals surface area contributed by atoms with Crippen molar-refractivity contribution in [3.8, 4) is 5.75 Å². The lowest BCUT2D eigenvalue weighted by molar-refractivity contribution is -0.154. The third-order valence-electron chi connectivity index (χ3n) is 3.94. The largest absolute Gasteiger partial charge is 0.479 e. The van der Waals surface area contributed by atoms with Gasteiger partial charge < -0.3 is 14.8 Å². The third kappa shape index (κ3) is 5.34. The van der Waals surface area contributed by atoms with Gasteiger partial charge in [0.2, 0.25) is 0 Å². The zero-order valence-electron chi connectivity index (χ0n) is 15.7. The molecule has 0 unspecified atom stereocenters. The molecule has 0 heterocycles. The van der Waals surface area contributed by atoms with Crippen molar-refractivity contribution in [2.45, 2.75) is 40.2 Å². The number of para-hydroxylation sites is 1. The summed E-state index contributed by atoms with van der Waals surface area (Å²) < 4.78 is 10.7. The smallest absolute Gasteiger partial charge is 0.347 e. The number of nitrogens with one attached hydrogen (secondary N) is 1. The van der Waals surface area contributed by atoms with Crippen molar-refractivity contribution in [2.24, 2.45) is 0 Å². The Hall–Kier alpha value is -2.82. The average molecular weight is 355 g/mol. The molecule has 0 saturated carbocycles. The summed E-state index contributed by atoms with van der Waals surface area (Å²) in [6.45, 7) is 7.35. The maximum Gasteiger partial charge on any atom is 0.347 e. The number of anilines is 1. The monoisotopic (exact) mass is 355 g/mol. The van der Waals surface area contributed by atoms with Gasteiger partial charge in [0.1, 0.15) is 5.75 Å². The zero-order valence-corrected chi connectivity index (χ0v) is 15.7. The molecule has 0 spiro atoms. The predicted molar refractivity (Wildman–Crippen MR) is 101 cm³/mol. The number of ether oxygens (including phenoxy) is 2. The first-order valence-corrected chi connectivity index (χ1v) is 8.66. The normalized spacial score (nSPS) is 11.5. The minimum atomic E-state index is -0.743. The molecular weight excluding hydrogens is 330 g/mol. The van der Waals surface area contributed by atoms with Crippen molar-refractivity contribution in [2.75, 3.05) is 11.9 Å². The molecule has 0 bridgehead atoms. The minimum Gasteiger partial charge on any atom is -0.479 e. The Morgan fingerprint density at radius 2 is 1.65 bits per heavy atom. The molecule has 0 aliphatic rings. The standard InChI is InChI=1S/C21H25NO4/c1-5-18(26-17-9-7-6-8-10-17)21(24)25-13-19(23)22-20-15(3)11-14(2)12-16(20)4/h6-12,18H,5,13H2,1-4H3,(H,22,23)/t18-/m0/s1. The second-order valence-electron chi connectivity index (χ2n) is 6.26. The highest BCUT2D eigenvalue weighted by Gasteiger charge is 2.21. The van der Waals surface area contributed by atoms with Crippen LogP contribution in [0.4, 0.5) is 5.69 Å². The lowest BCUT2D eigenvalue weighted by atomic mass is 10.1. The molecule has 0 fully saturated rings. The molecule has 1 N–H and O–H groups in total. The van der Waals surface area contributed by atoms with Gasteiger partial charge in [-0.1, -0.05) is 42.8 Å². The van der Waals surface area contributed by atoms with Crippen molar-refractivity contribution in [1.82, 2.24) is 0 Å². The molecule has 1 amide bonds. The first kappa shape index (κ1) is 19.5. The van der Waals surface area contributed by atoms with Crippen LogP contribution in [0.15, 0.2) is 42.5 Å². The molecule has 2 aromatic carbocycles. The van der Waals surface area contributed by atoms with Gasteiger partial charge in [0.05, 0.1) is 0 Å². The minimum absolute atomic E-state index is 0.347. The SMILES string of the molecule is CC[C@H](Oc1ccccc1)C(=O)OCC(=O)Nc1c(C)cc(C)cc1C. The summed E-state index contributed by atoms with van der Waals surface area (Å²) in [7, 11) is 0. The number of benzene rings is 2. The summed E-state index contributed by atoms with van der Waals surface area (Å²) in [6.07, 6.45) is -0.293. The number of carbonyl (C=O) groups excluding carboxylic acids is 2. The van der Waals surface area contributed by atoms with E-state index in [0.29, 0.717) is 12.2 Å². The van der Waals surface area contributed by atoms with Gasteiger partial charge in [-0.15, -0.1) is 0 Å². The Labute approximate surface area is 154 Å². The Balaban J connectivity index is 1.90. The van der Waals surface area contributed by atoms with Crippen LogP contribution in [-0.2, 0) is 14.3 Å². The topological polar surface area (TPSA) is 64.6 Å². The van der Waals surface area contributed by atoms with Crippen LogP contribution >= 0.6 is 0 Å². The summed E-state index contributed by atoms with van der Waals surface area (Å²) in [5, 5.41) is 2.81. The maximum atomic E-state index is 12.2. The Bertz CT molecular complexity index is 748. The summed E-state index contributed by atoms with van der Waals surface area (Å²) in [5.74, 6) is -0.335. The number of esters is 1. The molecule has 5 nitrogen and oxygen atoms in total. The van der Waals surface area contributed by atoms with E-state index in [1.165, 1.54) is 0 Å². The number of hydrogen-bond donors (Lipinski definition) is 1. The Morgan fingerprint density at radius 3 is 2.23 bits per heavy atom. The van der Waals surface area contributed by atoms with E-state index in [9.17, 15) is 9.59 Å². The molecule has 0 saturated heterocycles. The molecule has 5 heteroatoms. The van der Waals surface area contributed by atoms with Gasteiger partial charge in [-0.3, -0.25) is 4.79 Å². The van der Waals surface area contributed by atoms with Crippen LogP contribution < -0.4 is 10.1 Å². The van der Waals surface area contributed by atoms with Gasteiger partial charge in [-0.05, 0) is 50.5 Å². The number of hydrogen-bond acceptors (Lipinski definition) is 4. The fourth-order valence-electron chi connectivity index (χ4n) is 2.74. The van der Waals surface area contributed by atoms with Crippen molar-refractivity contribution >= 4 is 17.6 Å². The van der Waals surface area contributed by atoms with Crippen molar-refractivity contribution in [1.29, 1.82) is 0 Å². The van der Waals surface area contributed by atoms with Crippen LogP contribution in [0, 0.1) is 20.8 Å². The lowest BCUT2D eigenvalue weighted by Crippen LogP contribution is -2.31. The van der Waals surface area contributed by atoms with Crippen LogP contribution in [0.2, 0.25) is 0 Å². The first-order chi connectivity index (χ1) is 12.4. The molecule has 0 aliphatic heterocycles. The van der Waals surface area contributed by atoms with E-state index in [0.717, 1.165) is 22.4 Å². The Morgan fingerprint density at radius 1 is 1.04 bits per heavy atom. The molecule has 0 aromatic heterocycles. The molecule has 2 rings (SSSR count). The highest BCUT2D eigenvalue weighted by molar-refractivity contribution is 5.94. The van der Waals surface area contributed by atoms with Crippen molar-refractivity contribution in [3.63, 3.8) is 0 Å². The van der Waals surface area contributed by atoms with E-state index in [4.69, 9.17) is 9.47 Å². The van der Waals surface area contributed by atoms with Crippen molar-refractivity contribution in [3.05, 3.63) is 59.2 Å². The summed E-state index contributed by atoms with van der Waals surface area (Å²) in [5.41, 5.74) is 3.83. The maximum absolute atomic E-state index is 12.2. The van der Waals surface area contributed by atoms with E-state index < -0.39 is 12.1 Å². The van der Waals surface area contributed by atoms with Gasteiger partial charge in [-0.2, -0.15) is 0 Å². The quantitative estimate of drug-likeness (QED) is 0.764. The van der Waals surface area contributed by atoms with E-state index in [1.54, 1.807) is 12.1 Å². The summed E-state index contributed by atoms with van der Waals surface area (Å²) in [4.78, 5) is 24.3. The number of rotatable bonds is 7. The van der Waals surface area contributed by atoms with E-state index in [1.807, 2.05) is 58.0 Å². The van der Waals surface area contributed by atoms with Crippen LogP contribution in [0.3, 0.4) is 0 Å². The first-order valence-electron chi connectivity index (χ1n) is 8.66. The number of carbonyl (C=O) groups is 2. The third-order valence-corrected chi connectivity index (χ3v) is 3.94. The van der Waals surface area contributed by atoms with Gasteiger partial charge in [0, 0.05) is 5.69 Å². The van der Waals surface area contributed by atoms with Gasteiger partial charge in [0.15, 0.2) is 12.7 Å². The molecule has 26 heavy (non-hydrogen) atoms. The van der Waals surface area contributed by atoms with E-state index in [2.05, 4.69) is 5.32 Å². The highest BCUT2D eigenvalue weighted by atomic mass is 16.6.